The summed E-state index contributed by atoms with van der Waals surface area (Å²) in [5.74, 6) is 0.862. The van der Waals surface area contributed by atoms with Gasteiger partial charge in [0, 0.05) is 34.3 Å². The second-order valence-electron chi connectivity index (χ2n) is 8.50. The third kappa shape index (κ3) is 4.78. The second kappa shape index (κ2) is 9.53. The lowest BCUT2D eigenvalue weighted by Gasteiger charge is -2.11. The monoisotopic (exact) mass is 490 g/mol. The van der Waals surface area contributed by atoms with Crippen molar-refractivity contribution in [2.24, 2.45) is 4.99 Å². The number of aromatic nitrogens is 1. The number of thiocarbonyl (C=S) groups is 1. The minimum atomic E-state index is 0.547. The van der Waals surface area contributed by atoms with Crippen LogP contribution >= 0.6 is 24.0 Å². The first-order valence-corrected chi connectivity index (χ1v) is 12.7. The first kappa shape index (κ1) is 21.8. The second-order valence-corrected chi connectivity index (χ2v) is 10.2. The average molecular weight is 491 g/mol. The van der Waals surface area contributed by atoms with Crippen molar-refractivity contribution in [3.8, 4) is 5.75 Å². The first-order chi connectivity index (χ1) is 17.2. The number of allylic oxidation sites excluding steroid dienone is 1. The predicted octanol–water partition coefficient (Wildman–Crippen LogP) is 7.87. The van der Waals surface area contributed by atoms with Gasteiger partial charge in [0.1, 0.15) is 12.4 Å². The molecular formula is C30H22N2OS2. The SMILES string of the molecule is S=C1N=C/C(=C\c2cc3cc(OCc4ccccc4)ccc3n2Cc2ccc3ccccc3c2)S1. The molecule has 1 aromatic heterocycles. The number of nitrogens with zero attached hydrogens (tertiary/aromatic N) is 2. The fourth-order valence-electron chi connectivity index (χ4n) is 4.40. The summed E-state index contributed by atoms with van der Waals surface area (Å²) in [7, 11) is 0. The van der Waals surface area contributed by atoms with E-state index in [2.05, 4.69) is 94.5 Å². The van der Waals surface area contributed by atoms with Crippen LogP contribution in [0.5, 0.6) is 5.75 Å². The molecule has 0 fully saturated rings. The van der Waals surface area contributed by atoms with Crippen LogP contribution in [0.3, 0.4) is 0 Å². The quantitative estimate of drug-likeness (QED) is 0.227. The van der Waals surface area contributed by atoms with E-state index in [1.165, 1.54) is 33.6 Å². The number of fused-ring (bicyclic) bond motifs is 2. The van der Waals surface area contributed by atoms with Gasteiger partial charge in [-0.1, -0.05) is 90.7 Å². The smallest absolute Gasteiger partial charge is 0.164 e. The number of hydrogen-bond acceptors (Lipinski definition) is 3. The highest BCUT2D eigenvalue weighted by Crippen LogP contribution is 2.31. The molecule has 4 aromatic carbocycles. The highest BCUT2D eigenvalue weighted by Gasteiger charge is 2.13. The van der Waals surface area contributed by atoms with Crippen LogP contribution < -0.4 is 4.74 Å². The van der Waals surface area contributed by atoms with Crippen molar-refractivity contribution in [2.45, 2.75) is 13.2 Å². The molecule has 0 saturated carbocycles. The molecule has 0 amide bonds. The van der Waals surface area contributed by atoms with Crippen LogP contribution in [-0.2, 0) is 13.2 Å². The lowest BCUT2D eigenvalue weighted by Crippen LogP contribution is -2.02. The summed E-state index contributed by atoms with van der Waals surface area (Å²) in [5, 5.41) is 3.65. The summed E-state index contributed by atoms with van der Waals surface area (Å²) in [6.45, 7) is 1.32. The normalized spacial score (nSPS) is 14.4. The van der Waals surface area contributed by atoms with E-state index in [-0.39, 0.29) is 0 Å². The van der Waals surface area contributed by atoms with Gasteiger partial charge in [-0.25, -0.2) is 4.99 Å². The number of benzene rings is 4. The molecule has 0 saturated heterocycles. The summed E-state index contributed by atoms with van der Waals surface area (Å²) < 4.78 is 9.10. The highest BCUT2D eigenvalue weighted by atomic mass is 32.2. The Bertz CT molecular complexity index is 1620. The third-order valence-corrected chi connectivity index (χ3v) is 7.19. The Balaban J connectivity index is 1.37. The molecule has 0 unspecified atom stereocenters. The van der Waals surface area contributed by atoms with Crippen LogP contribution in [0.2, 0.25) is 0 Å². The molecule has 0 atom stereocenters. The zero-order valence-corrected chi connectivity index (χ0v) is 20.6. The van der Waals surface area contributed by atoms with Gasteiger partial charge in [-0.05, 0) is 58.3 Å². The van der Waals surface area contributed by atoms with Crippen molar-refractivity contribution < 1.29 is 4.74 Å². The first-order valence-electron chi connectivity index (χ1n) is 11.5. The largest absolute Gasteiger partial charge is 0.489 e. The molecule has 1 aliphatic heterocycles. The van der Waals surface area contributed by atoms with Gasteiger partial charge in [0.05, 0.1) is 0 Å². The molecule has 0 aliphatic carbocycles. The van der Waals surface area contributed by atoms with E-state index in [1.54, 1.807) is 0 Å². The van der Waals surface area contributed by atoms with E-state index >= 15 is 0 Å². The van der Waals surface area contributed by atoms with E-state index in [4.69, 9.17) is 17.0 Å². The van der Waals surface area contributed by atoms with Crippen molar-refractivity contribution in [1.29, 1.82) is 0 Å². The van der Waals surface area contributed by atoms with Crippen LogP contribution in [-0.4, -0.2) is 15.1 Å². The van der Waals surface area contributed by atoms with Crippen molar-refractivity contribution in [1.82, 2.24) is 4.57 Å². The van der Waals surface area contributed by atoms with E-state index in [9.17, 15) is 0 Å². The van der Waals surface area contributed by atoms with Gasteiger partial charge < -0.3 is 9.30 Å². The minimum Gasteiger partial charge on any atom is -0.489 e. The topological polar surface area (TPSA) is 26.5 Å². The number of thioether (sulfide) groups is 1. The fraction of sp³-hybridized carbons (Fsp3) is 0.0667. The van der Waals surface area contributed by atoms with Gasteiger partial charge in [0.2, 0.25) is 0 Å². The van der Waals surface area contributed by atoms with Crippen molar-refractivity contribution in [3.05, 3.63) is 119 Å². The zero-order chi connectivity index (χ0) is 23.6. The Morgan fingerprint density at radius 2 is 1.63 bits per heavy atom. The summed E-state index contributed by atoms with van der Waals surface area (Å²) in [6.07, 6.45) is 4.01. The Labute approximate surface area is 213 Å². The number of hydrogen-bond donors (Lipinski definition) is 0. The van der Waals surface area contributed by atoms with E-state index < -0.39 is 0 Å². The number of rotatable bonds is 6. The van der Waals surface area contributed by atoms with Gasteiger partial charge in [0.15, 0.2) is 4.32 Å². The number of aliphatic imine (C=N–C) groups is 1. The van der Waals surface area contributed by atoms with Gasteiger partial charge in [-0.3, -0.25) is 0 Å². The van der Waals surface area contributed by atoms with Gasteiger partial charge >= 0.3 is 0 Å². The van der Waals surface area contributed by atoms with Gasteiger partial charge in [-0.2, -0.15) is 0 Å². The Morgan fingerprint density at radius 1 is 0.800 bits per heavy atom. The fourth-order valence-corrected chi connectivity index (χ4v) is 5.33. The number of ether oxygens (including phenoxy) is 1. The summed E-state index contributed by atoms with van der Waals surface area (Å²) in [5.41, 5.74) is 4.69. The van der Waals surface area contributed by atoms with Crippen LogP contribution in [0.4, 0.5) is 0 Å². The van der Waals surface area contributed by atoms with Crippen LogP contribution in [0.25, 0.3) is 27.8 Å². The molecule has 0 radical (unpaired) electrons. The molecule has 1 aliphatic rings. The summed E-state index contributed by atoms with van der Waals surface area (Å²) in [6, 6.07) is 33.9. The van der Waals surface area contributed by atoms with Gasteiger partial charge in [-0.15, -0.1) is 0 Å². The molecule has 5 heteroatoms. The maximum atomic E-state index is 6.10. The molecule has 170 valence electrons. The molecule has 35 heavy (non-hydrogen) atoms. The Kier molecular flexibility index (Phi) is 5.94. The van der Waals surface area contributed by atoms with Crippen molar-refractivity contribution in [3.63, 3.8) is 0 Å². The molecule has 3 nitrogen and oxygen atoms in total. The summed E-state index contributed by atoms with van der Waals surface area (Å²) in [4.78, 5) is 5.31. The van der Waals surface area contributed by atoms with Crippen LogP contribution in [0.1, 0.15) is 16.8 Å². The molecular weight excluding hydrogens is 468 g/mol. The predicted molar refractivity (Wildman–Crippen MR) is 152 cm³/mol. The molecule has 5 aromatic rings. The molecule has 0 bridgehead atoms. The molecule has 0 spiro atoms. The average Bonchev–Trinajstić information content (AvgIpc) is 3.45. The maximum Gasteiger partial charge on any atom is 0.164 e. The third-order valence-electron chi connectivity index (χ3n) is 6.10. The Hall–Kier alpha value is -3.67. The molecule has 2 heterocycles. The zero-order valence-electron chi connectivity index (χ0n) is 18.9. The standard InChI is InChI=1S/C30H22N2OS2/c34-30-31-18-28(35-30)17-26-15-25-16-27(33-20-21-6-2-1-3-7-21)12-13-29(25)32(26)19-22-10-11-23-8-4-5-9-24(23)14-22/h1-18H,19-20H2/b28-17+. The minimum absolute atomic E-state index is 0.547. The van der Waals surface area contributed by atoms with E-state index in [1.807, 2.05) is 24.4 Å². The lowest BCUT2D eigenvalue weighted by atomic mass is 10.1. The lowest BCUT2D eigenvalue weighted by molar-refractivity contribution is 0.306. The van der Waals surface area contributed by atoms with Crippen LogP contribution in [0.15, 0.2) is 107 Å². The van der Waals surface area contributed by atoms with E-state index in [0.717, 1.165) is 33.8 Å². The highest BCUT2D eigenvalue weighted by molar-refractivity contribution is 8.26. The van der Waals surface area contributed by atoms with E-state index in [0.29, 0.717) is 10.9 Å². The van der Waals surface area contributed by atoms with Gasteiger partial charge in [0.25, 0.3) is 0 Å². The molecule has 6 rings (SSSR count). The Morgan fingerprint density at radius 3 is 2.46 bits per heavy atom. The molecule has 0 N–H and O–H groups in total. The van der Waals surface area contributed by atoms with Crippen molar-refractivity contribution in [2.75, 3.05) is 0 Å². The van der Waals surface area contributed by atoms with Crippen molar-refractivity contribution >= 4 is 62.3 Å². The summed E-state index contributed by atoms with van der Waals surface area (Å²) >= 11 is 6.78. The maximum absolute atomic E-state index is 6.10. The van der Waals surface area contributed by atoms with Crippen LogP contribution in [0, 0.1) is 0 Å².